The Hall–Kier alpha value is -2.64. The molecule has 0 unspecified atom stereocenters. The minimum Gasteiger partial charge on any atom is -0.333 e. The molecule has 3 rings (SSSR count). The SMILES string of the molecule is Cc1cc(Br)ccc1NC(=O)CN(C)C(=O)/C=C/c1c(Cl)nc2ccccn12. The van der Waals surface area contributed by atoms with E-state index in [0.717, 1.165) is 10.0 Å². The van der Waals surface area contributed by atoms with Crippen molar-refractivity contribution < 1.29 is 9.59 Å². The second kappa shape index (κ2) is 8.58. The quantitative estimate of drug-likeness (QED) is 0.580. The lowest BCUT2D eigenvalue weighted by atomic mass is 10.2. The number of aryl methyl sites for hydroxylation is 1. The Labute approximate surface area is 175 Å². The standard InChI is InChI=1S/C20H18BrClN4O2/c1-13-11-14(21)6-7-15(13)23-18(27)12-25(2)19(28)9-8-16-20(22)24-17-5-3-4-10-26(16)17/h3-11H,12H2,1-2H3,(H,23,27)/b9-8+. The van der Waals surface area contributed by atoms with Gasteiger partial charge in [0.2, 0.25) is 11.8 Å². The number of amides is 2. The first-order valence-corrected chi connectivity index (χ1v) is 9.64. The number of imidazole rings is 1. The zero-order valence-electron chi connectivity index (χ0n) is 15.3. The number of rotatable bonds is 5. The van der Waals surface area contributed by atoms with E-state index in [1.165, 1.54) is 11.0 Å². The van der Waals surface area contributed by atoms with Gasteiger partial charge in [0.05, 0.1) is 12.2 Å². The summed E-state index contributed by atoms with van der Waals surface area (Å²) >= 11 is 9.54. The zero-order valence-corrected chi connectivity index (χ0v) is 17.7. The Balaban J connectivity index is 1.64. The van der Waals surface area contributed by atoms with E-state index in [1.54, 1.807) is 17.5 Å². The van der Waals surface area contributed by atoms with Crippen molar-refractivity contribution in [3.05, 3.63) is 69.6 Å². The number of nitrogens with zero attached hydrogens (tertiary/aromatic N) is 3. The molecule has 28 heavy (non-hydrogen) atoms. The first-order chi connectivity index (χ1) is 13.3. The fraction of sp³-hybridized carbons (Fsp3) is 0.150. The Morgan fingerprint density at radius 3 is 2.86 bits per heavy atom. The molecule has 0 aliphatic heterocycles. The molecule has 2 heterocycles. The molecule has 3 aromatic rings. The monoisotopic (exact) mass is 460 g/mol. The minimum atomic E-state index is -0.315. The number of nitrogens with one attached hydrogen (secondary N) is 1. The van der Waals surface area contributed by atoms with E-state index in [2.05, 4.69) is 26.2 Å². The van der Waals surface area contributed by atoms with Gasteiger partial charge in [-0.05, 0) is 48.9 Å². The number of halogens is 2. The average Bonchev–Trinajstić information content (AvgIpc) is 2.97. The predicted molar refractivity (Wildman–Crippen MR) is 114 cm³/mol. The molecule has 0 fully saturated rings. The maximum Gasteiger partial charge on any atom is 0.246 e. The van der Waals surface area contributed by atoms with Gasteiger partial charge in [-0.15, -0.1) is 0 Å². The summed E-state index contributed by atoms with van der Waals surface area (Å²) in [6.07, 6.45) is 4.79. The molecule has 0 aliphatic carbocycles. The van der Waals surface area contributed by atoms with Crippen LogP contribution < -0.4 is 5.32 Å². The minimum absolute atomic E-state index is 0.0699. The van der Waals surface area contributed by atoms with Crippen LogP contribution in [0.25, 0.3) is 11.7 Å². The second-order valence-electron chi connectivity index (χ2n) is 6.25. The van der Waals surface area contributed by atoms with E-state index in [1.807, 2.05) is 49.5 Å². The number of anilines is 1. The van der Waals surface area contributed by atoms with Crippen molar-refractivity contribution in [1.82, 2.24) is 14.3 Å². The Bertz CT molecular complexity index is 1080. The number of carbonyl (C=O) groups is 2. The van der Waals surface area contributed by atoms with E-state index in [0.29, 0.717) is 22.2 Å². The molecule has 8 heteroatoms. The van der Waals surface area contributed by atoms with Crippen LogP contribution in [-0.4, -0.2) is 39.7 Å². The van der Waals surface area contributed by atoms with E-state index in [9.17, 15) is 9.59 Å². The number of hydrogen-bond donors (Lipinski definition) is 1. The summed E-state index contributed by atoms with van der Waals surface area (Å²) in [5.74, 6) is -0.591. The molecule has 0 saturated heterocycles. The highest BCUT2D eigenvalue weighted by Crippen LogP contribution is 2.20. The molecular formula is C20H18BrClN4O2. The summed E-state index contributed by atoms with van der Waals surface area (Å²) in [4.78, 5) is 30.2. The van der Waals surface area contributed by atoms with Gasteiger partial charge in [0.1, 0.15) is 5.65 Å². The smallest absolute Gasteiger partial charge is 0.246 e. The second-order valence-corrected chi connectivity index (χ2v) is 7.53. The first kappa shape index (κ1) is 20.1. The number of aromatic nitrogens is 2. The van der Waals surface area contributed by atoms with E-state index < -0.39 is 0 Å². The predicted octanol–water partition coefficient (Wildman–Crippen LogP) is 4.17. The summed E-state index contributed by atoms with van der Waals surface area (Å²) in [6, 6.07) is 11.1. The molecular weight excluding hydrogens is 444 g/mol. The number of benzene rings is 1. The summed E-state index contributed by atoms with van der Waals surface area (Å²) in [5.41, 5.74) is 2.94. The van der Waals surface area contributed by atoms with Crippen LogP contribution in [0.1, 0.15) is 11.3 Å². The molecule has 0 atom stereocenters. The van der Waals surface area contributed by atoms with Crippen LogP contribution in [0.15, 0.2) is 53.1 Å². The normalized spacial score (nSPS) is 11.1. The highest BCUT2D eigenvalue weighted by atomic mass is 79.9. The van der Waals surface area contributed by atoms with Crippen LogP contribution in [0.4, 0.5) is 5.69 Å². The van der Waals surface area contributed by atoms with Crippen LogP contribution in [0.2, 0.25) is 5.15 Å². The van der Waals surface area contributed by atoms with Gasteiger partial charge in [-0.1, -0.05) is 33.6 Å². The van der Waals surface area contributed by atoms with E-state index >= 15 is 0 Å². The Kier molecular flexibility index (Phi) is 6.16. The zero-order chi connectivity index (χ0) is 20.3. The maximum absolute atomic E-state index is 12.4. The van der Waals surface area contributed by atoms with E-state index in [4.69, 9.17) is 11.6 Å². The van der Waals surface area contributed by atoms with Crippen LogP contribution in [0.3, 0.4) is 0 Å². The average molecular weight is 462 g/mol. The number of carbonyl (C=O) groups excluding carboxylic acids is 2. The van der Waals surface area contributed by atoms with Gasteiger partial charge in [0.25, 0.3) is 0 Å². The number of likely N-dealkylation sites (N-methyl/N-ethyl adjacent to an activating group) is 1. The van der Waals surface area contributed by atoms with Crippen LogP contribution in [0, 0.1) is 6.92 Å². The third-order valence-corrected chi connectivity index (χ3v) is 4.90. The molecule has 0 radical (unpaired) electrons. The molecule has 144 valence electrons. The molecule has 0 aliphatic rings. The van der Waals surface area contributed by atoms with Crippen molar-refractivity contribution in [2.45, 2.75) is 6.92 Å². The summed E-state index contributed by atoms with van der Waals surface area (Å²) in [5, 5.41) is 3.12. The van der Waals surface area contributed by atoms with Crippen molar-refractivity contribution in [2.24, 2.45) is 0 Å². The van der Waals surface area contributed by atoms with Crippen molar-refractivity contribution in [3.8, 4) is 0 Å². The molecule has 2 aromatic heterocycles. The van der Waals surface area contributed by atoms with Crippen molar-refractivity contribution in [3.63, 3.8) is 0 Å². The topological polar surface area (TPSA) is 66.7 Å². The van der Waals surface area contributed by atoms with Gasteiger partial charge in [-0.3, -0.25) is 14.0 Å². The van der Waals surface area contributed by atoms with Gasteiger partial charge >= 0.3 is 0 Å². The lowest BCUT2D eigenvalue weighted by Gasteiger charge is -2.15. The molecule has 6 nitrogen and oxygen atoms in total. The van der Waals surface area contributed by atoms with E-state index in [-0.39, 0.29) is 18.4 Å². The molecule has 2 amide bonds. The Morgan fingerprint density at radius 1 is 1.32 bits per heavy atom. The molecule has 1 aromatic carbocycles. The Morgan fingerprint density at radius 2 is 2.11 bits per heavy atom. The fourth-order valence-electron chi connectivity index (χ4n) is 2.66. The summed E-state index contributed by atoms with van der Waals surface area (Å²) in [7, 11) is 1.57. The number of hydrogen-bond acceptors (Lipinski definition) is 3. The largest absolute Gasteiger partial charge is 0.333 e. The van der Waals surface area contributed by atoms with Crippen molar-refractivity contribution >= 4 is 56.8 Å². The maximum atomic E-state index is 12.4. The highest BCUT2D eigenvalue weighted by Gasteiger charge is 2.13. The molecule has 0 saturated carbocycles. The number of fused-ring (bicyclic) bond motifs is 1. The summed E-state index contributed by atoms with van der Waals surface area (Å²) < 4.78 is 2.72. The van der Waals surface area contributed by atoms with Crippen molar-refractivity contribution in [1.29, 1.82) is 0 Å². The molecule has 0 bridgehead atoms. The van der Waals surface area contributed by atoms with Crippen LogP contribution >= 0.6 is 27.5 Å². The lowest BCUT2D eigenvalue weighted by Crippen LogP contribution is -2.34. The van der Waals surface area contributed by atoms with Crippen molar-refractivity contribution in [2.75, 3.05) is 18.9 Å². The van der Waals surface area contributed by atoms with Gasteiger partial charge < -0.3 is 10.2 Å². The fourth-order valence-corrected chi connectivity index (χ4v) is 3.38. The van der Waals surface area contributed by atoms with Gasteiger partial charge in [-0.25, -0.2) is 4.98 Å². The summed E-state index contributed by atoms with van der Waals surface area (Å²) in [6.45, 7) is 1.83. The highest BCUT2D eigenvalue weighted by molar-refractivity contribution is 9.10. The third-order valence-electron chi connectivity index (χ3n) is 4.13. The van der Waals surface area contributed by atoms with Gasteiger partial charge in [0.15, 0.2) is 5.15 Å². The van der Waals surface area contributed by atoms with Crippen LogP contribution in [0.5, 0.6) is 0 Å². The number of pyridine rings is 1. The molecule has 0 spiro atoms. The third kappa shape index (κ3) is 4.61. The van der Waals surface area contributed by atoms with Gasteiger partial charge in [-0.2, -0.15) is 0 Å². The first-order valence-electron chi connectivity index (χ1n) is 8.47. The van der Waals surface area contributed by atoms with Crippen LogP contribution in [-0.2, 0) is 9.59 Å². The molecule has 1 N–H and O–H groups in total. The lowest BCUT2D eigenvalue weighted by molar-refractivity contribution is -0.129. The van der Waals surface area contributed by atoms with Gasteiger partial charge in [0, 0.05) is 29.5 Å².